The van der Waals surface area contributed by atoms with Crippen molar-refractivity contribution < 1.29 is 0 Å². The van der Waals surface area contributed by atoms with E-state index in [0.29, 0.717) is 12.1 Å². The Bertz CT molecular complexity index is 235. The lowest BCUT2D eigenvalue weighted by molar-refractivity contribution is 0.300. The van der Waals surface area contributed by atoms with Gasteiger partial charge in [0, 0.05) is 20.6 Å². The fraction of sp³-hybridized carbons (Fsp3) is 0.909. The van der Waals surface area contributed by atoms with Crippen LogP contribution in [0.2, 0.25) is 0 Å². The summed E-state index contributed by atoms with van der Waals surface area (Å²) < 4.78 is 0. The predicted octanol–water partition coefficient (Wildman–Crippen LogP) is 1.55. The second-order valence-corrected chi connectivity index (χ2v) is 4.58. The number of hydrogen-bond acceptors (Lipinski definition) is 3. The highest BCUT2D eigenvalue weighted by molar-refractivity contribution is 5.82. The maximum Gasteiger partial charge on any atom is 0.196 e. The molecule has 2 rings (SSSR count). The summed E-state index contributed by atoms with van der Waals surface area (Å²) in [6.07, 6.45) is 5.21. The quantitative estimate of drug-likeness (QED) is 0.666. The molecule has 1 aliphatic heterocycles. The second kappa shape index (κ2) is 3.79. The van der Waals surface area contributed by atoms with E-state index in [2.05, 4.69) is 30.8 Å². The molecule has 80 valence electrons. The second-order valence-electron chi connectivity index (χ2n) is 4.58. The van der Waals surface area contributed by atoms with Gasteiger partial charge < -0.3 is 9.80 Å². The largest absolute Gasteiger partial charge is 0.349 e. The molecular weight excluding hydrogens is 174 g/mol. The minimum absolute atomic E-state index is 0.596. The van der Waals surface area contributed by atoms with E-state index in [9.17, 15) is 0 Å². The molecule has 0 saturated heterocycles. The predicted molar refractivity (Wildman–Crippen MR) is 59.5 cm³/mol. The van der Waals surface area contributed by atoms with Crippen molar-refractivity contribution in [1.82, 2.24) is 9.80 Å². The lowest BCUT2D eigenvalue weighted by Gasteiger charge is -2.29. The summed E-state index contributed by atoms with van der Waals surface area (Å²) in [5.74, 6) is 1.21. The first-order chi connectivity index (χ1) is 6.74. The summed E-state index contributed by atoms with van der Waals surface area (Å²) in [6.45, 7) is 3.41. The summed E-state index contributed by atoms with van der Waals surface area (Å²) in [7, 11) is 4.20. The molecule has 0 radical (unpaired) electrons. The van der Waals surface area contributed by atoms with E-state index < -0.39 is 0 Å². The lowest BCUT2D eigenvalue weighted by atomic mass is 10.2. The number of rotatable bonds is 2. The van der Waals surface area contributed by atoms with Crippen LogP contribution in [0.15, 0.2) is 4.99 Å². The zero-order chi connectivity index (χ0) is 10.1. The summed E-state index contributed by atoms with van der Waals surface area (Å²) in [4.78, 5) is 9.49. The number of aliphatic imine (C=N–C) groups is 1. The van der Waals surface area contributed by atoms with E-state index in [4.69, 9.17) is 4.99 Å². The Kier molecular flexibility index (Phi) is 2.66. The standard InChI is InChI=1S/C11H21N3/c1-4-8-14-10-7-5-6-9(10)12-11(14)13(2)3/h9-10H,4-8H2,1-3H3/t9-,10-/m1/s1. The van der Waals surface area contributed by atoms with E-state index in [-0.39, 0.29) is 0 Å². The van der Waals surface area contributed by atoms with Crippen molar-refractivity contribution >= 4 is 5.96 Å². The molecule has 0 spiro atoms. The van der Waals surface area contributed by atoms with Crippen molar-refractivity contribution in [3.05, 3.63) is 0 Å². The molecule has 1 aliphatic carbocycles. The molecule has 0 amide bonds. The lowest BCUT2D eigenvalue weighted by Crippen LogP contribution is -2.43. The van der Waals surface area contributed by atoms with Gasteiger partial charge in [0.2, 0.25) is 0 Å². The van der Waals surface area contributed by atoms with Crippen LogP contribution < -0.4 is 0 Å². The minimum Gasteiger partial charge on any atom is -0.349 e. The van der Waals surface area contributed by atoms with Gasteiger partial charge in [0.25, 0.3) is 0 Å². The molecule has 0 unspecified atom stereocenters. The van der Waals surface area contributed by atoms with Crippen LogP contribution in [-0.2, 0) is 0 Å². The average Bonchev–Trinajstić information content (AvgIpc) is 2.67. The van der Waals surface area contributed by atoms with Crippen molar-refractivity contribution in [3.8, 4) is 0 Å². The number of guanidine groups is 1. The highest BCUT2D eigenvalue weighted by Crippen LogP contribution is 2.32. The van der Waals surface area contributed by atoms with E-state index in [1.165, 1.54) is 31.6 Å². The Morgan fingerprint density at radius 1 is 1.43 bits per heavy atom. The Morgan fingerprint density at radius 3 is 2.86 bits per heavy atom. The molecule has 0 aromatic carbocycles. The van der Waals surface area contributed by atoms with Crippen LogP contribution in [-0.4, -0.2) is 48.5 Å². The van der Waals surface area contributed by atoms with Gasteiger partial charge in [-0.25, -0.2) is 4.99 Å². The first kappa shape index (κ1) is 9.81. The first-order valence-corrected chi connectivity index (χ1v) is 5.75. The summed E-state index contributed by atoms with van der Waals surface area (Å²) >= 11 is 0. The smallest absolute Gasteiger partial charge is 0.196 e. The van der Waals surface area contributed by atoms with Crippen molar-refractivity contribution in [2.45, 2.75) is 44.7 Å². The molecule has 0 aromatic rings. The third-order valence-corrected chi connectivity index (χ3v) is 3.25. The zero-order valence-corrected chi connectivity index (χ0v) is 9.53. The Balaban J connectivity index is 2.14. The van der Waals surface area contributed by atoms with Crippen LogP contribution in [0, 0.1) is 0 Å². The van der Waals surface area contributed by atoms with Gasteiger partial charge in [0.1, 0.15) is 0 Å². The average molecular weight is 195 g/mol. The van der Waals surface area contributed by atoms with Gasteiger partial charge in [0.05, 0.1) is 12.1 Å². The fourth-order valence-electron chi connectivity index (χ4n) is 2.68. The zero-order valence-electron chi connectivity index (χ0n) is 9.53. The van der Waals surface area contributed by atoms with Crippen molar-refractivity contribution in [3.63, 3.8) is 0 Å². The van der Waals surface area contributed by atoms with E-state index >= 15 is 0 Å². The minimum atomic E-state index is 0.596. The molecule has 1 saturated carbocycles. The molecule has 0 N–H and O–H groups in total. The Morgan fingerprint density at radius 2 is 2.21 bits per heavy atom. The van der Waals surface area contributed by atoms with Crippen molar-refractivity contribution in [1.29, 1.82) is 0 Å². The fourth-order valence-corrected chi connectivity index (χ4v) is 2.68. The van der Waals surface area contributed by atoms with Gasteiger partial charge in [-0.1, -0.05) is 6.92 Å². The Hall–Kier alpha value is -0.730. The SMILES string of the molecule is CCCN1C(N(C)C)=N[C@@H]2CCC[C@H]21. The van der Waals surface area contributed by atoms with Crippen LogP contribution >= 0.6 is 0 Å². The maximum atomic E-state index is 4.82. The first-order valence-electron chi connectivity index (χ1n) is 5.75. The highest BCUT2D eigenvalue weighted by Gasteiger charge is 2.39. The molecule has 2 atom stereocenters. The monoisotopic (exact) mass is 195 g/mol. The normalized spacial score (nSPS) is 30.5. The summed E-state index contributed by atoms with van der Waals surface area (Å²) in [5.41, 5.74) is 0. The van der Waals surface area contributed by atoms with Gasteiger partial charge in [0.15, 0.2) is 5.96 Å². The molecule has 3 nitrogen and oxygen atoms in total. The summed E-state index contributed by atoms with van der Waals surface area (Å²) in [6, 6.07) is 1.31. The molecule has 14 heavy (non-hydrogen) atoms. The third kappa shape index (κ3) is 1.49. The van der Waals surface area contributed by atoms with Gasteiger partial charge in [-0.15, -0.1) is 0 Å². The molecule has 0 bridgehead atoms. The van der Waals surface area contributed by atoms with Crippen LogP contribution in [0.4, 0.5) is 0 Å². The highest BCUT2D eigenvalue weighted by atomic mass is 15.4. The number of hydrogen-bond donors (Lipinski definition) is 0. The molecule has 0 aromatic heterocycles. The van der Waals surface area contributed by atoms with Gasteiger partial charge >= 0.3 is 0 Å². The van der Waals surface area contributed by atoms with Crippen molar-refractivity contribution in [2.24, 2.45) is 4.99 Å². The van der Waals surface area contributed by atoms with Crippen molar-refractivity contribution in [2.75, 3.05) is 20.6 Å². The van der Waals surface area contributed by atoms with E-state index in [0.717, 1.165) is 6.54 Å². The number of fused-ring (bicyclic) bond motifs is 1. The van der Waals surface area contributed by atoms with Crippen LogP contribution in [0.25, 0.3) is 0 Å². The van der Waals surface area contributed by atoms with Gasteiger partial charge in [-0.2, -0.15) is 0 Å². The van der Waals surface area contributed by atoms with Crippen LogP contribution in [0.3, 0.4) is 0 Å². The van der Waals surface area contributed by atoms with E-state index in [1.54, 1.807) is 0 Å². The summed E-state index contributed by atoms with van der Waals surface area (Å²) in [5, 5.41) is 0. The topological polar surface area (TPSA) is 18.8 Å². The van der Waals surface area contributed by atoms with Gasteiger partial charge in [-0.3, -0.25) is 0 Å². The van der Waals surface area contributed by atoms with Crippen LogP contribution in [0.1, 0.15) is 32.6 Å². The molecule has 1 fully saturated rings. The third-order valence-electron chi connectivity index (χ3n) is 3.25. The molecule has 2 aliphatic rings. The molecular formula is C11H21N3. The molecule has 1 heterocycles. The Labute approximate surface area is 86.8 Å². The molecule has 3 heteroatoms. The van der Waals surface area contributed by atoms with Gasteiger partial charge in [-0.05, 0) is 25.7 Å². The number of nitrogens with zero attached hydrogens (tertiary/aromatic N) is 3. The maximum absolute atomic E-state index is 4.82. The van der Waals surface area contributed by atoms with E-state index in [1.807, 2.05) is 0 Å². The van der Waals surface area contributed by atoms with Crippen LogP contribution in [0.5, 0.6) is 0 Å².